The van der Waals surface area contributed by atoms with Crippen molar-refractivity contribution in [2.24, 2.45) is 0 Å². The number of hydrogen-bond acceptors (Lipinski definition) is 0. The second kappa shape index (κ2) is 10.8. The van der Waals surface area contributed by atoms with Gasteiger partial charge in [-0.15, -0.1) is 22.9 Å². The molecule has 0 heterocycles. The molecule has 0 spiro atoms. The normalized spacial score (nSPS) is 9.29. The topological polar surface area (TPSA) is 0 Å². The molecule has 2 rings (SSSR count). The van der Waals surface area contributed by atoms with Gasteiger partial charge in [0.05, 0.1) is 0 Å². The first-order valence-corrected chi connectivity index (χ1v) is 9.50. The van der Waals surface area contributed by atoms with Crippen molar-refractivity contribution >= 4 is 18.8 Å². The Morgan fingerprint density at radius 3 is 1.90 bits per heavy atom. The van der Waals surface area contributed by atoms with Crippen LogP contribution in [0.15, 0.2) is 55.1 Å². The first-order chi connectivity index (χ1) is 7.98. The fourth-order valence-electron chi connectivity index (χ4n) is 1.90. The first kappa shape index (κ1) is 26.0. The number of benzene rings is 1. The van der Waals surface area contributed by atoms with Crippen molar-refractivity contribution in [2.45, 2.75) is 19.6 Å². The third kappa shape index (κ3) is 6.82. The number of halogens is 3. The van der Waals surface area contributed by atoms with Crippen molar-refractivity contribution in [3.8, 4) is 0 Å². The summed E-state index contributed by atoms with van der Waals surface area (Å²) in [7, 11) is -1.20. The summed E-state index contributed by atoms with van der Waals surface area (Å²) in [6, 6.07) is 17.1. The molecule has 0 N–H and O–H groups in total. The van der Waals surface area contributed by atoms with Crippen molar-refractivity contribution in [1.82, 2.24) is 0 Å². The summed E-state index contributed by atoms with van der Waals surface area (Å²) in [5.74, 6) is 0. The minimum absolute atomic E-state index is 0. The van der Waals surface area contributed by atoms with Gasteiger partial charge in [-0.1, -0.05) is 61.1 Å². The van der Waals surface area contributed by atoms with E-state index in [1.54, 1.807) is 0 Å². The molecule has 0 atom stereocenters. The molecule has 0 aromatic heterocycles. The molecule has 112 valence electrons. The van der Waals surface area contributed by atoms with Gasteiger partial charge < -0.3 is 37.2 Å². The average molecular weight is 394 g/mol. The summed E-state index contributed by atoms with van der Waals surface area (Å²) in [6.45, 7) is 11.3. The smallest absolute Gasteiger partial charge is 1.00 e. The van der Waals surface area contributed by atoms with Crippen molar-refractivity contribution in [3.05, 3.63) is 66.2 Å². The van der Waals surface area contributed by atoms with Gasteiger partial charge in [0.2, 0.25) is 0 Å². The van der Waals surface area contributed by atoms with E-state index >= 15 is 0 Å². The maximum atomic E-state index is 4.21. The van der Waals surface area contributed by atoms with Crippen molar-refractivity contribution < 1.29 is 58.9 Å². The average Bonchev–Trinajstić information content (AvgIpc) is 2.78. The standard InChI is InChI=1S/C16H19Si.3ClH.Ti/c1-13(14-8-6-5-7-9-14)15-10-11-16(12-15)17(2,3)4;;;;/h5-12H,1H2,2-4H3;3*1H;/q-1;;;;+4/p-3. The zero-order valence-electron chi connectivity index (χ0n) is 12.5. The molecule has 5 heteroatoms. The molecule has 0 aliphatic carbocycles. The fourth-order valence-corrected chi connectivity index (χ4v) is 3.08. The quantitative estimate of drug-likeness (QED) is 0.362. The van der Waals surface area contributed by atoms with Crippen LogP contribution in [0, 0.1) is 0 Å². The number of hydrogen-bond donors (Lipinski definition) is 0. The van der Waals surface area contributed by atoms with Gasteiger partial charge in [-0.25, -0.2) is 0 Å². The molecule has 0 nitrogen and oxygen atoms in total. The van der Waals surface area contributed by atoms with Crippen molar-refractivity contribution in [2.75, 3.05) is 0 Å². The largest absolute Gasteiger partial charge is 4.00 e. The van der Waals surface area contributed by atoms with E-state index in [1.807, 2.05) is 6.07 Å². The Kier molecular flexibility index (Phi) is 13.4. The van der Waals surface area contributed by atoms with Crippen LogP contribution in [-0.2, 0) is 21.7 Å². The van der Waals surface area contributed by atoms with E-state index in [1.165, 1.54) is 16.3 Å². The molecule has 2 aromatic rings. The Morgan fingerprint density at radius 2 is 1.48 bits per heavy atom. The van der Waals surface area contributed by atoms with Crippen LogP contribution in [0.5, 0.6) is 0 Å². The molecular formula is C16H19Cl3SiTi. The van der Waals surface area contributed by atoms with Crippen molar-refractivity contribution in [3.63, 3.8) is 0 Å². The first-order valence-electron chi connectivity index (χ1n) is 6.00. The molecule has 0 saturated heterocycles. The maximum Gasteiger partial charge on any atom is 4.00 e. The Hall–Kier alpha value is 0.111. The summed E-state index contributed by atoms with van der Waals surface area (Å²) in [5, 5.41) is 1.50. The molecule has 0 bridgehead atoms. The van der Waals surface area contributed by atoms with Crippen LogP contribution >= 0.6 is 0 Å². The summed E-state index contributed by atoms with van der Waals surface area (Å²) in [5.41, 5.74) is 3.59. The van der Waals surface area contributed by atoms with Gasteiger partial charge in [-0.05, 0) is 0 Å². The predicted molar refractivity (Wildman–Crippen MR) is 79.6 cm³/mol. The van der Waals surface area contributed by atoms with Crippen LogP contribution in [0.4, 0.5) is 0 Å². The van der Waals surface area contributed by atoms with Gasteiger partial charge in [-0.3, -0.25) is 0 Å². The molecule has 2 aromatic carbocycles. The van der Waals surface area contributed by atoms with E-state index in [4.69, 9.17) is 0 Å². The Morgan fingerprint density at radius 1 is 0.952 bits per heavy atom. The van der Waals surface area contributed by atoms with Gasteiger partial charge in [0.1, 0.15) is 0 Å². The molecule has 0 amide bonds. The summed E-state index contributed by atoms with van der Waals surface area (Å²) < 4.78 is 0. The Balaban J connectivity index is -0.000000810. The molecule has 0 aliphatic heterocycles. The molecule has 0 fully saturated rings. The van der Waals surface area contributed by atoms with Gasteiger partial charge in [0.15, 0.2) is 0 Å². The summed E-state index contributed by atoms with van der Waals surface area (Å²) >= 11 is 0. The zero-order valence-corrected chi connectivity index (χ0v) is 17.3. The minimum atomic E-state index is -1.20. The molecule has 0 radical (unpaired) electrons. The van der Waals surface area contributed by atoms with Gasteiger partial charge in [0.25, 0.3) is 0 Å². The third-order valence-corrected chi connectivity index (χ3v) is 5.13. The van der Waals surface area contributed by atoms with Crippen molar-refractivity contribution in [1.29, 1.82) is 0 Å². The third-order valence-electron chi connectivity index (χ3n) is 3.09. The number of rotatable bonds is 3. The monoisotopic (exact) mass is 392 g/mol. The van der Waals surface area contributed by atoms with Gasteiger partial charge >= 0.3 is 21.7 Å². The minimum Gasteiger partial charge on any atom is -1.00 e. The summed E-state index contributed by atoms with van der Waals surface area (Å²) in [6.07, 6.45) is 0. The Bertz CT molecular complexity index is 530. The van der Waals surface area contributed by atoms with Gasteiger partial charge in [-0.2, -0.15) is 12.6 Å². The van der Waals surface area contributed by atoms with Crippen LogP contribution in [0.25, 0.3) is 5.57 Å². The van der Waals surface area contributed by atoms with Crippen LogP contribution in [0.3, 0.4) is 0 Å². The van der Waals surface area contributed by atoms with Crippen LogP contribution in [0.1, 0.15) is 11.1 Å². The second-order valence-corrected chi connectivity index (χ2v) is 10.6. The van der Waals surface area contributed by atoms with Crippen LogP contribution in [0.2, 0.25) is 19.6 Å². The van der Waals surface area contributed by atoms with E-state index in [9.17, 15) is 0 Å². The maximum absolute atomic E-state index is 4.21. The molecule has 0 saturated carbocycles. The zero-order chi connectivity index (χ0) is 12.5. The molecular weight excluding hydrogens is 374 g/mol. The fraction of sp³-hybridized carbons (Fsp3) is 0.188. The second-order valence-electron chi connectivity index (χ2n) is 5.48. The van der Waals surface area contributed by atoms with E-state index in [0.717, 1.165) is 5.57 Å². The van der Waals surface area contributed by atoms with E-state index in [2.05, 4.69) is 68.7 Å². The Labute approximate surface area is 162 Å². The molecule has 0 aliphatic rings. The van der Waals surface area contributed by atoms with E-state index < -0.39 is 8.07 Å². The SMILES string of the molecule is C=C(c1ccccc1)[c-]1ccc([Si](C)(C)C)c1.[Cl-].[Cl-].[Cl-].[Ti+4]. The van der Waals surface area contributed by atoms with Crippen LogP contribution in [-0.4, -0.2) is 8.07 Å². The van der Waals surface area contributed by atoms with Gasteiger partial charge in [0, 0.05) is 8.07 Å². The predicted octanol–water partition coefficient (Wildman–Crippen LogP) is -4.98. The van der Waals surface area contributed by atoms with E-state index in [0.29, 0.717) is 0 Å². The molecule has 0 unspecified atom stereocenters. The van der Waals surface area contributed by atoms with Crippen LogP contribution < -0.4 is 42.4 Å². The summed E-state index contributed by atoms with van der Waals surface area (Å²) in [4.78, 5) is 0. The van der Waals surface area contributed by atoms with E-state index in [-0.39, 0.29) is 58.9 Å². The molecule has 21 heavy (non-hydrogen) atoms.